The van der Waals surface area contributed by atoms with Crippen molar-refractivity contribution in [1.82, 2.24) is 48.6 Å². The fraction of sp³-hybridized carbons (Fsp3) is 0.512. The first-order chi connectivity index (χ1) is 29.7. The summed E-state index contributed by atoms with van der Waals surface area (Å²) in [5.74, 6) is 7.37. The van der Waals surface area contributed by atoms with Crippen LogP contribution in [0.5, 0.6) is 5.88 Å². The molecule has 2 bridgehead atoms. The van der Waals surface area contributed by atoms with E-state index in [-0.39, 0.29) is 36.1 Å². The van der Waals surface area contributed by atoms with Gasteiger partial charge in [0.25, 0.3) is 11.8 Å². The number of morpholine rings is 1. The van der Waals surface area contributed by atoms with E-state index in [1.165, 1.54) is 4.57 Å². The van der Waals surface area contributed by atoms with Crippen LogP contribution in [0.2, 0.25) is 0 Å². The normalized spacial score (nSPS) is 24.6. The van der Waals surface area contributed by atoms with Crippen molar-refractivity contribution in [1.29, 1.82) is 0 Å². The van der Waals surface area contributed by atoms with Crippen LogP contribution in [-0.2, 0) is 21.4 Å². The summed E-state index contributed by atoms with van der Waals surface area (Å²) in [4.78, 5) is 63.3. The number of aromatic nitrogens is 7. The Balaban J connectivity index is 0.709. The number of imidazole rings is 1. The summed E-state index contributed by atoms with van der Waals surface area (Å²) in [5.41, 5.74) is 3.18. The second-order valence-corrected chi connectivity index (χ2v) is 17.0. The van der Waals surface area contributed by atoms with Crippen molar-refractivity contribution in [2.45, 2.75) is 69.2 Å². The van der Waals surface area contributed by atoms with Crippen LogP contribution in [0, 0.1) is 17.8 Å². The van der Waals surface area contributed by atoms with Crippen molar-refractivity contribution < 1.29 is 23.9 Å². The van der Waals surface area contributed by atoms with E-state index in [9.17, 15) is 19.2 Å². The van der Waals surface area contributed by atoms with Gasteiger partial charge in [-0.1, -0.05) is 17.9 Å². The molecule has 0 radical (unpaired) electrons. The number of benzene rings is 1. The molecule has 61 heavy (non-hydrogen) atoms. The number of amides is 3. The van der Waals surface area contributed by atoms with Crippen molar-refractivity contribution >= 4 is 45.9 Å². The van der Waals surface area contributed by atoms with E-state index in [0.717, 1.165) is 82.8 Å². The lowest BCUT2D eigenvalue weighted by Crippen LogP contribution is -2.48. The summed E-state index contributed by atoms with van der Waals surface area (Å²) in [6.07, 6.45) is 11.2. The molecule has 5 fully saturated rings. The SMILES string of the molecule is COc1nn(C2CCC(CN3CCN(CC#Cc4cccc5c4n(C)c(=O)n5C4CCC(=O)NC4=O)CC3)CC2)cc1NC(=O)c1cnn2ccc(N3C[C@H]4C[C@@H]3CO4)nc12. The molecule has 0 spiro atoms. The first-order valence-corrected chi connectivity index (χ1v) is 21.3. The largest absolute Gasteiger partial charge is 0.478 e. The summed E-state index contributed by atoms with van der Waals surface area (Å²) < 4.78 is 18.0. The predicted molar refractivity (Wildman–Crippen MR) is 225 cm³/mol. The molecule has 3 atom stereocenters. The first kappa shape index (κ1) is 39.1. The standard InChI is InChI=1S/C43H50N12O6/c1-49-38-28(5-3-7-34(38)55(43(49)59)35-12-13-37(56)47-41(35)58)6-4-15-50-17-19-51(20-18-50)23-27-8-10-29(11-9-27)54-25-33(42(48-54)60-2)45-40(57)32-22-44-53-16-14-36(46-39(32)53)52-24-31-21-30(52)26-61-31/h3,5,7,14,16,22,25,27,29-31,35H,8-13,15,17-21,23-24,26H2,1-2H3,(H,45,57)(H,47,56,58)/t27?,29?,30-,31-,35?/m1/s1. The van der Waals surface area contributed by atoms with E-state index in [2.05, 4.69) is 42.3 Å². The highest BCUT2D eigenvalue weighted by Crippen LogP contribution is 2.36. The van der Waals surface area contributed by atoms with Gasteiger partial charge in [0.15, 0.2) is 5.65 Å². The zero-order chi connectivity index (χ0) is 41.8. The maximum absolute atomic E-state index is 13.6. The highest BCUT2D eigenvalue weighted by atomic mass is 16.5. The molecule has 8 heterocycles. The second-order valence-electron chi connectivity index (χ2n) is 17.0. The number of piperazine rings is 1. The Morgan fingerprint density at radius 1 is 1.03 bits per heavy atom. The molecule has 1 unspecified atom stereocenters. The third-order valence-electron chi connectivity index (χ3n) is 13.3. The number of imide groups is 1. The number of fused-ring (bicyclic) bond motifs is 4. The van der Waals surface area contributed by atoms with Gasteiger partial charge >= 0.3 is 5.69 Å². The van der Waals surface area contributed by atoms with Gasteiger partial charge in [0, 0.05) is 58.9 Å². The summed E-state index contributed by atoms with van der Waals surface area (Å²) in [6, 6.07) is 7.33. The Morgan fingerprint density at radius 2 is 1.85 bits per heavy atom. The number of hydrogen-bond donors (Lipinski definition) is 2. The smallest absolute Gasteiger partial charge is 0.329 e. The minimum atomic E-state index is -0.728. The molecule has 1 aliphatic carbocycles. The van der Waals surface area contributed by atoms with Crippen molar-refractivity contribution in [3.05, 3.63) is 64.5 Å². The number of hydrogen-bond acceptors (Lipinski definition) is 12. The predicted octanol–water partition coefficient (Wildman–Crippen LogP) is 2.20. The van der Waals surface area contributed by atoms with Gasteiger partial charge in [-0.15, -0.1) is 5.10 Å². The molecule has 4 aromatic heterocycles. The number of piperidine rings is 1. The number of methoxy groups -OCH3 is 1. The van der Waals surface area contributed by atoms with E-state index in [1.807, 2.05) is 41.3 Å². The van der Waals surface area contributed by atoms with Gasteiger partial charge in [0.1, 0.15) is 23.1 Å². The topological polar surface area (TPSA) is 178 Å². The number of nitrogens with zero attached hydrogens (tertiary/aromatic N) is 10. The number of anilines is 2. The highest BCUT2D eigenvalue weighted by Gasteiger charge is 2.40. The summed E-state index contributed by atoms with van der Waals surface area (Å²) in [5, 5.41) is 14.5. The van der Waals surface area contributed by atoms with E-state index in [1.54, 1.807) is 29.4 Å². The zero-order valence-electron chi connectivity index (χ0n) is 34.5. The fourth-order valence-corrected chi connectivity index (χ4v) is 9.95. The molecule has 2 N–H and O–H groups in total. The molecular weight excluding hydrogens is 781 g/mol. The number of rotatable bonds is 9. The minimum absolute atomic E-state index is 0.197. The van der Waals surface area contributed by atoms with Crippen LogP contribution in [0.1, 0.15) is 73.0 Å². The molecule has 5 aromatic rings. The Morgan fingerprint density at radius 3 is 2.61 bits per heavy atom. The summed E-state index contributed by atoms with van der Waals surface area (Å²) in [6.45, 7) is 7.03. The molecule has 4 aliphatic heterocycles. The van der Waals surface area contributed by atoms with Crippen LogP contribution in [-0.4, -0.2) is 133 Å². The van der Waals surface area contributed by atoms with Crippen molar-refractivity contribution in [3.63, 3.8) is 0 Å². The van der Waals surface area contributed by atoms with E-state index >= 15 is 0 Å². The third kappa shape index (κ3) is 7.44. The molecule has 4 saturated heterocycles. The molecule has 18 nitrogen and oxygen atoms in total. The van der Waals surface area contributed by atoms with E-state index < -0.39 is 11.9 Å². The summed E-state index contributed by atoms with van der Waals surface area (Å²) >= 11 is 0. The van der Waals surface area contributed by atoms with Gasteiger partial charge in [-0.3, -0.25) is 38.4 Å². The number of aryl methyl sites for hydroxylation is 1. The average Bonchev–Trinajstić information content (AvgIpc) is 4.12. The van der Waals surface area contributed by atoms with Crippen molar-refractivity contribution in [2.24, 2.45) is 13.0 Å². The Bertz CT molecular complexity index is 2640. The molecule has 1 saturated carbocycles. The van der Waals surface area contributed by atoms with Crippen molar-refractivity contribution in [2.75, 3.05) is 69.7 Å². The third-order valence-corrected chi connectivity index (χ3v) is 13.3. The van der Waals surface area contributed by atoms with E-state index in [4.69, 9.17) is 19.6 Å². The molecule has 1 aromatic carbocycles. The van der Waals surface area contributed by atoms with Gasteiger partial charge in [0.05, 0.1) is 67.4 Å². The van der Waals surface area contributed by atoms with Gasteiger partial charge in [-0.05, 0) is 62.6 Å². The van der Waals surface area contributed by atoms with Crippen LogP contribution >= 0.6 is 0 Å². The molecule has 3 amide bonds. The molecule has 5 aliphatic rings. The summed E-state index contributed by atoms with van der Waals surface area (Å²) in [7, 11) is 3.27. The van der Waals surface area contributed by atoms with Crippen LogP contribution < -0.4 is 26.0 Å². The maximum Gasteiger partial charge on any atom is 0.329 e. The van der Waals surface area contributed by atoms with Gasteiger partial charge in [-0.25, -0.2) is 14.3 Å². The number of para-hydroxylation sites is 1. The van der Waals surface area contributed by atoms with Crippen LogP contribution in [0.15, 0.2) is 47.7 Å². The monoisotopic (exact) mass is 830 g/mol. The van der Waals surface area contributed by atoms with Crippen LogP contribution in [0.3, 0.4) is 0 Å². The average molecular weight is 831 g/mol. The lowest BCUT2D eigenvalue weighted by atomic mass is 9.85. The Hall–Kier alpha value is -6.03. The Labute approximate surface area is 351 Å². The molecular formula is C43H50N12O6. The van der Waals surface area contributed by atoms with Gasteiger partial charge in [-0.2, -0.15) is 5.10 Å². The number of nitrogens with one attached hydrogen (secondary N) is 2. The first-order valence-electron chi connectivity index (χ1n) is 21.3. The maximum atomic E-state index is 13.6. The Kier molecular flexibility index (Phi) is 10.3. The minimum Gasteiger partial charge on any atom is -0.478 e. The quantitative estimate of drug-likeness (QED) is 0.164. The fourth-order valence-electron chi connectivity index (χ4n) is 9.95. The molecule has 10 rings (SSSR count). The molecule has 18 heteroatoms. The van der Waals surface area contributed by atoms with Crippen molar-refractivity contribution in [3.8, 4) is 17.7 Å². The molecule has 318 valence electrons. The zero-order valence-corrected chi connectivity index (χ0v) is 34.5. The van der Waals surface area contributed by atoms with Gasteiger partial charge < -0.3 is 24.6 Å². The number of carbonyl (C=O) groups is 3. The van der Waals surface area contributed by atoms with E-state index in [0.29, 0.717) is 65.3 Å². The number of carbonyl (C=O) groups excluding carboxylic acids is 3. The number of ether oxygens (including phenoxy) is 2. The van der Waals surface area contributed by atoms with Crippen LogP contribution in [0.4, 0.5) is 11.5 Å². The van der Waals surface area contributed by atoms with Gasteiger partial charge in [0.2, 0.25) is 11.8 Å². The second kappa shape index (κ2) is 16.1. The lowest BCUT2D eigenvalue weighted by Gasteiger charge is -2.37. The highest BCUT2D eigenvalue weighted by molar-refractivity contribution is 6.08. The lowest BCUT2D eigenvalue weighted by molar-refractivity contribution is -0.135. The van der Waals surface area contributed by atoms with Crippen LogP contribution in [0.25, 0.3) is 16.7 Å².